The van der Waals surface area contributed by atoms with Gasteiger partial charge in [0.05, 0.1) is 4.90 Å². The fraction of sp³-hybridized carbons (Fsp3) is 0.611. The van der Waals surface area contributed by atoms with E-state index in [4.69, 9.17) is 11.6 Å². The Morgan fingerprint density at radius 1 is 1.21 bits per heavy atom. The number of Topliss-reactive ketones (excluding diaryl/α,β-unsaturated/α-hetero) is 1. The number of hydrogen-bond donors (Lipinski definition) is 0. The highest BCUT2D eigenvalue weighted by molar-refractivity contribution is 8.00. The average molecular weight is 389 g/mol. The van der Waals surface area contributed by atoms with Crippen LogP contribution in [0.4, 0.5) is 0 Å². The minimum Gasteiger partial charge on any atom is -0.298 e. The van der Waals surface area contributed by atoms with Gasteiger partial charge in [0.1, 0.15) is 4.75 Å². The van der Waals surface area contributed by atoms with Crippen molar-refractivity contribution in [1.82, 2.24) is 0 Å². The Labute approximate surface area is 154 Å². The van der Waals surface area contributed by atoms with Crippen LogP contribution in [0.1, 0.15) is 52.9 Å². The third-order valence-corrected chi connectivity index (χ3v) is 8.56. The summed E-state index contributed by atoms with van der Waals surface area (Å²) in [5.41, 5.74) is 0. The summed E-state index contributed by atoms with van der Waals surface area (Å²) in [6.07, 6.45) is 2.70. The highest BCUT2D eigenvalue weighted by Gasteiger charge is 2.54. The molecule has 1 aromatic carbocycles. The summed E-state index contributed by atoms with van der Waals surface area (Å²) in [6, 6.07) is 6.12. The van der Waals surface area contributed by atoms with Crippen LogP contribution in [0.25, 0.3) is 0 Å². The third kappa shape index (κ3) is 4.17. The predicted molar refractivity (Wildman–Crippen MR) is 102 cm³/mol. The zero-order chi connectivity index (χ0) is 18.0. The fourth-order valence-electron chi connectivity index (χ4n) is 2.87. The lowest BCUT2D eigenvalue weighted by Gasteiger charge is -2.39. The standard InChI is InChI=1S/C18H25ClO3S2/c1-17(2,3)23-13-4-6-16(20)18(11-5-12-18)24(21,22)15-9-7-14(19)8-10-15/h7-10H,4-6,11-13H2,1-3H3. The summed E-state index contributed by atoms with van der Waals surface area (Å²) in [4.78, 5) is 12.9. The summed E-state index contributed by atoms with van der Waals surface area (Å²) in [5, 5.41) is 0.488. The molecule has 1 aliphatic rings. The molecule has 0 spiro atoms. The smallest absolute Gasteiger partial charge is 0.191 e. The van der Waals surface area contributed by atoms with Crippen LogP contribution >= 0.6 is 23.4 Å². The van der Waals surface area contributed by atoms with Gasteiger partial charge in [0, 0.05) is 16.2 Å². The molecular formula is C18H25ClO3S2. The first-order chi connectivity index (χ1) is 11.1. The number of rotatable bonds is 7. The van der Waals surface area contributed by atoms with Crippen molar-refractivity contribution in [2.45, 2.75) is 67.3 Å². The molecule has 6 heteroatoms. The van der Waals surface area contributed by atoms with Crippen LogP contribution < -0.4 is 0 Å². The number of carbonyl (C=O) groups excluding carboxylic acids is 1. The molecule has 0 bridgehead atoms. The second-order valence-electron chi connectivity index (χ2n) is 7.29. The summed E-state index contributed by atoms with van der Waals surface area (Å²) in [5.74, 6) is 0.741. The number of thioether (sulfide) groups is 1. The minimum atomic E-state index is -3.66. The molecule has 1 saturated carbocycles. The van der Waals surface area contributed by atoms with E-state index in [2.05, 4.69) is 20.8 Å². The van der Waals surface area contributed by atoms with Crippen LogP contribution in [-0.2, 0) is 14.6 Å². The molecule has 134 valence electrons. The molecule has 0 unspecified atom stereocenters. The van der Waals surface area contributed by atoms with Crippen molar-refractivity contribution in [3.63, 3.8) is 0 Å². The summed E-state index contributed by atoms with van der Waals surface area (Å²) in [7, 11) is -3.66. The van der Waals surface area contributed by atoms with Gasteiger partial charge in [-0.1, -0.05) is 32.4 Å². The number of sulfone groups is 1. The maximum Gasteiger partial charge on any atom is 0.191 e. The van der Waals surface area contributed by atoms with E-state index in [-0.39, 0.29) is 15.4 Å². The molecule has 1 fully saturated rings. The average Bonchev–Trinajstić information content (AvgIpc) is 2.41. The minimum absolute atomic E-state index is 0.127. The highest BCUT2D eigenvalue weighted by atomic mass is 35.5. The Kier molecular flexibility index (Phi) is 6.09. The molecule has 2 rings (SSSR count). The Bertz CT molecular complexity index is 684. The third-order valence-electron chi connectivity index (χ3n) is 4.39. The Morgan fingerprint density at radius 2 is 1.79 bits per heavy atom. The molecule has 0 N–H and O–H groups in total. The molecule has 0 atom stereocenters. The van der Waals surface area contributed by atoms with Gasteiger partial charge < -0.3 is 0 Å². The van der Waals surface area contributed by atoms with Gasteiger partial charge in [-0.3, -0.25) is 4.79 Å². The van der Waals surface area contributed by atoms with Crippen LogP contribution in [0.5, 0.6) is 0 Å². The van der Waals surface area contributed by atoms with Crippen LogP contribution in [0.15, 0.2) is 29.2 Å². The molecule has 3 nitrogen and oxygen atoms in total. The van der Waals surface area contributed by atoms with Crippen molar-refractivity contribution in [2.24, 2.45) is 0 Å². The van der Waals surface area contributed by atoms with Crippen molar-refractivity contribution in [2.75, 3.05) is 5.75 Å². The number of benzene rings is 1. The molecule has 0 aromatic heterocycles. The monoisotopic (exact) mass is 388 g/mol. The largest absolute Gasteiger partial charge is 0.298 e. The van der Waals surface area contributed by atoms with Crippen LogP contribution in [0, 0.1) is 0 Å². The van der Waals surface area contributed by atoms with Crippen LogP contribution in [-0.4, -0.2) is 29.4 Å². The lowest BCUT2D eigenvalue weighted by molar-refractivity contribution is -0.123. The second-order valence-corrected chi connectivity index (χ2v) is 11.9. The predicted octanol–water partition coefficient (Wildman–Crippen LogP) is 4.92. The quantitative estimate of drug-likeness (QED) is 0.622. The van der Waals surface area contributed by atoms with Gasteiger partial charge in [-0.05, 0) is 55.7 Å². The molecular weight excluding hydrogens is 364 g/mol. The van der Waals surface area contributed by atoms with Gasteiger partial charge in [-0.2, -0.15) is 11.8 Å². The van der Waals surface area contributed by atoms with E-state index in [0.29, 0.717) is 24.3 Å². The Balaban J connectivity index is 2.10. The van der Waals surface area contributed by atoms with E-state index in [1.54, 1.807) is 23.9 Å². The van der Waals surface area contributed by atoms with E-state index < -0.39 is 14.6 Å². The maximum atomic E-state index is 13.0. The SMILES string of the molecule is CC(C)(C)SCCCC(=O)C1(S(=O)(=O)c2ccc(Cl)cc2)CCC1. The van der Waals surface area contributed by atoms with Crippen molar-refractivity contribution < 1.29 is 13.2 Å². The van der Waals surface area contributed by atoms with Crippen LogP contribution in [0.3, 0.4) is 0 Å². The molecule has 0 heterocycles. The zero-order valence-corrected chi connectivity index (χ0v) is 16.9. The second kappa shape index (κ2) is 7.38. The van der Waals surface area contributed by atoms with Gasteiger partial charge in [0.15, 0.2) is 15.6 Å². The molecule has 0 aliphatic heterocycles. The molecule has 24 heavy (non-hydrogen) atoms. The number of ketones is 1. The summed E-state index contributed by atoms with van der Waals surface area (Å²) in [6.45, 7) is 6.41. The lowest BCUT2D eigenvalue weighted by atomic mass is 9.79. The van der Waals surface area contributed by atoms with Gasteiger partial charge in [-0.15, -0.1) is 0 Å². The Hall–Kier alpha value is -0.520. The van der Waals surface area contributed by atoms with Gasteiger partial charge in [-0.25, -0.2) is 8.42 Å². The fourth-order valence-corrected chi connectivity index (χ4v) is 6.07. The molecule has 1 aliphatic carbocycles. The van der Waals surface area contributed by atoms with Crippen LogP contribution in [0.2, 0.25) is 5.02 Å². The van der Waals surface area contributed by atoms with Gasteiger partial charge in [0.2, 0.25) is 0 Å². The van der Waals surface area contributed by atoms with Crippen molar-refractivity contribution >= 4 is 39.0 Å². The Morgan fingerprint density at radius 3 is 2.25 bits per heavy atom. The van der Waals surface area contributed by atoms with Crippen molar-refractivity contribution in [1.29, 1.82) is 0 Å². The topological polar surface area (TPSA) is 51.2 Å². The molecule has 0 radical (unpaired) electrons. The molecule has 0 saturated heterocycles. The summed E-state index contributed by atoms with van der Waals surface area (Å²) < 4.78 is 25.0. The number of halogens is 1. The van der Waals surface area contributed by atoms with E-state index in [1.165, 1.54) is 12.1 Å². The molecule has 1 aromatic rings. The van der Waals surface area contributed by atoms with Gasteiger partial charge in [0.25, 0.3) is 0 Å². The van der Waals surface area contributed by atoms with E-state index in [0.717, 1.165) is 18.6 Å². The maximum absolute atomic E-state index is 13.0. The van der Waals surface area contributed by atoms with Crippen molar-refractivity contribution in [3.8, 4) is 0 Å². The first kappa shape index (κ1) is 19.8. The van der Waals surface area contributed by atoms with E-state index >= 15 is 0 Å². The summed E-state index contributed by atoms with van der Waals surface area (Å²) >= 11 is 7.64. The molecule has 0 amide bonds. The van der Waals surface area contributed by atoms with E-state index in [1.807, 2.05) is 0 Å². The number of hydrogen-bond acceptors (Lipinski definition) is 4. The number of carbonyl (C=O) groups is 1. The first-order valence-corrected chi connectivity index (χ1v) is 11.1. The van der Waals surface area contributed by atoms with E-state index in [9.17, 15) is 13.2 Å². The van der Waals surface area contributed by atoms with Gasteiger partial charge >= 0.3 is 0 Å². The first-order valence-electron chi connectivity index (χ1n) is 8.26. The lowest BCUT2D eigenvalue weighted by Crippen LogP contribution is -2.52. The highest BCUT2D eigenvalue weighted by Crippen LogP contribution is 2.44. The normalized spacial score (nSPS) is 17.3. The zero-order valence-electron chi connectivity index (χ0n) is 14.5. The van der Waals surface area contributed by atoms with Crippen molar-refractivity contribution in [3.05, 3.63) is 29.3 Å².